The summed E-state index contributed by atoms with van der Waals surface area (Å²) < 4.78 is 6.45. The topological polar surface area (TPSA) is 172 Å². The number of nitrogens with one attached hydrogen (secondary N) is 1. The highest BCUT2D eigenvalue weighted by Gasteiger charge is 2.23. The first-order chi connectivity index (χ1) is 16.6. The van der Waals surface area contributed by atoms with Gasteiger partial charge in [0.25, 0.3) is 11.6 Å². The highest BCUT2D eigenvalue weighted by atomic mass is 16.6. The number of aromatic nitrogens is 2. The quantitative estimate of drug-likeness (QED) is 0.168. The van der Waals surface area contributed by atoms with Crippen LogP contribution < -0.4 is 10.2 Å². The number of para-hydroxylation sites is 1. The van der Waals surface area contributed by atoms with Crippen molar-refractivity contribution in [2.24, 2.45) is 5.10 Å². The van der Waals surface area contributed by atoms with Crippen molar-refractivity contribution < 1.29 is 24.2 Å². The number of benzene rings is 2. The van der Waals surface area contributed by atoms with Crippen LogP contribution in [0.1, 0.15) is 34.2 Å². The summed E-state index contributed by atoms with van der Waals surface area (Å²) in [7, 11) is 0. The first kappa shape index (κ1) is 24.7. The summed E-state index contributed by atoms with van der Waals surface area (Å²) in [4.78, 5) is 45.5. The van der Waals surface area contributed by atoms with Crippen molar-refractivity contribution in [2.45, 2.75) is 27.3 Å². The Labute approximate surface area is 198 Å². The molecule has 0 fully saturated rings. The fraction of sp³-hybridized carbons (Fsp3) is 0.182. The molecule has 1 aromatic heterocycles. The van der Waals surface area contributed by atoms with Gasteiger partial charge in [0.15, 0.2) is 0 Å². The number of esters is 1. The van der Waals surface area contributed by atoms with Crippen LogP contribution in [-0.2, 0) is 11.3 Å². The van der Waals surface area contributed by atoms with Crippen molar-refractivity contribution in [3.8, 4) is 5.75 Å². The lowest BCUT2D eigenvalue weighted by Gasteiger charge is -2.07. The predicted molar refractivity (Wildman–Crippen MR) is 123 cm³/mol. The summed E-state index contributed by atoms with van der Waals surface area (Å²) in [6.45, 7) is 4.38. The fourth-order valence-corrected chi connectivity index (χ4v) is 3.22. The third-order valence-corrected chi connectivity index (χ3v) is 4.97. The summed E-state index contributed by atoms with van der Waals surface area (Å²) >= 11 is 0. The van der Waals surface area contributed by atoms with Gasteiger partial charge in [0.1, 0.15) is 29.2 Å². The Morgan fingerprint density at radius 3 is 2.31 bits per heavy atom. The largest absolute Gasteiger partial charge is 0.423 e. The molecule has 13 heteroatoms. The molecule has 0 saturated carbocycles. The molecule has 0 atom stereocenters. The maximum absolute atomic E-state index is 12.3. The Bertz CT molecular complexity index is 1340. The fourth-order valence-electron chi connectivity index (χ4n) is 3.22. The third-order valence-electron chi connectivity index (χ3n) is 4.97. The molecule has 0 aliphatic carbocycles. The Kier molecular flexibility index (Phi) is 7.29. The molecule has 3 aromatic rings. The Morgan fingerprint density at radius 1 is 1.06 bits per heavy atom. The van der Waals surface area contributed by atoms with Gasteiger partial charge >= 0.3 is 11.7 Å². The van der Waals surface area contributed by atoms with Crippen LogP contribution in [0.2, 0.25) is 0 Å². The number of hydrogen-bond acceptors (Lipinski definition) is 9. The van der Waals surface area contributed by atoms with Crippen LogP contribution in [0.3, 0.4) is 0 Å². The summed E-state index contributed by atoms with van der Waals surface area (Å²) in [6.07, 6.45) is 0. The average molecular weight is 480 g/mol. The maximum Gasteiger partial charge on any atom is 0.350 e. The zero-order valence-corrected chi connectivity index (χ0v) is 18.9. The minimum absolute atomic E-state index is 0.139. The minimum atomic E-state index is -0.868. The number of hydrogen-bond donors (Lipinski definition) is 1. The van der Waals surface area contributed by atoms with Crippen molar-refractivity contribution in [1.29, 1.82) is 0 Å². The second kappa shape index (κ2) is 10.3. The standard InChI is InChI=1S/C22H20N6O7/c1-13(23-24-20(29)12-26-15(3)21(28(33)34)14(2)25-26)16-8-10-17(11-9-16)35-22(30)18-6-4-5-7-19(18)27(31)32/h4-11H,12H2,1-3H3,(H,24,29). The number of nitro benzene ring substituents is 1. The van der Waals surface area contributed by atoms with E-state index in [9.17, 15) is 29.8 Å². The number of aryl methyl sites for hydroxylation is 1. The number of nitro groups is 2. The van der Waals surface area contributed by atoms with E-state index >= 15 is 0 Å². The zero-order valence-electron chi connectivity index (χ0n) is 18.9. The number of nitrogens with zero attached hydrogens (tertiary/aromatic N) is 5. The van der Waals surface area contributed by atoms with E-state index in [1.165, 1.54) is 54.9 Å². The van der Waals surface area contributed by atoms with Crippen LogP contribution in [0.15, 0.2) is 53.6 Å². The molecule has 0 aliphatic rings. The molecular weight excluding hydrogens is 460 g/mol. The van der Waals surface area contributed by atoms with E-state index in [0.29, 0.717) is 11.3 Å². The van der Waals surface area contributed by atoms with Gasteiger partial charge in [-0.05, 0) is 56.7 Å². The summed E-state index contributed by atoms with van der Waals surface area (Å²) in [5.74, 6) is -1.23. The van der Waals surface area contributed by atoms with Crippen LogP contribution >= 0.6 is 0 Å². The molecular formula is C22H20N6O7. The summed E-state index contributed by atoms with van der Waals surface area (Å²) in [5.41, 5.74) is 3.22. The van der Waals surface area contributed by atoms with Gasteiger partial charge in [-0.1, -0.05) is 12.1 Å². The van der Waals surface area contributed by atoms with Gasteiger partial charge in [0, 0.05) is 6.07 Å². The number of carbonyl (C=O) groups is 2. The van der Waals surface area contributed by atoms with Gasteiger partial charge < -0.3 is 4.74 Å². The minimum Gasteiger partial charge on any atom is -0.423 e. The lowest BCUT2D eigenvalue weighted by Crippen LogP contribution is -2.25. The van der Waals surface area contributed by atoms with E-state index in [1.807, 2.05) is 0 Å². The summed E-state index contributed by atoms with van der Waals surface area (Å²) in [6, 6.07) is 11.6. The molecule has 3 rings (SSSR count). The van der Waals surface area contributed by atoms with Gasteiger partial charge in [-0.3, -0.25) is 29.7 Å². The van der Waals surface area contributed by atoms with Gasteiger partial charge in [0.2, 0.25) is 0 Å². The molecule has 180 valence electrons. The Morgan fingerprint density at radius 2 is 1.71 bits per heavy atom. The van der Waals surface area contributed by atoms with Crippen LogP contribution in [0, 0.1) is 34.1 Å². The highest BCUT2D eigenvalue weighted by molar-refractivity contribution is 5.99. The van der Waals surface area contributed by atoms with E-state index in [4.69, 9.17) is 4.74 Å². The molecule has 2 aromatic carbocycles. The van der Waals surface area contributed by atoms with Crippen molar-refractivity contribution in [3.63, 3.8) is 0 Å². The zero-order chi connectivity index (χ0) is 25.7. The van der Waals surface area contributed by atoms with E-state index < -0.39 is 21.7 Å². The monoisotopic (exact) mass is 480 g/mol. The number of amides is 1. The molecule has 0 saturated heterocycles. The van der Waals surface area contributed by atoms with Crippen LogP contribution in [-0.4, -0.2) is 37.2 Å². The maximum atomic E-state index is 12.3. The molecule has 0 unspecified atom stereocenters. The molecule has 0 bridgehead atoms. The van der Waals surface area contributed by atoms with E-state index in [0.717, 1.165) is 0 Å². The lowest BCUT2D eigenvalue weighted by molar-refractivity contribution is -0.386. The average Bonchev–Trinajstić information content (AvgIpc) is 3.10. The molecule has 0 spiro atoms. The smallest absolute Gasteiger partial charge is 0.350 e. The van der Waals surface area contributed by atoms with Crippen molar-refractivity contribution in [1.82, 2.24) is 15.2 Å². The van der Waals surface area contributed by atoms with Crippen molar-refractivity contribution in [2.75, 3.05) is 0 Å². The SMILES string of the molecule is CC(=NNC(=O)Cn1nc(C)c([N+](=O)[O-])c1C)c1ccc(OC(=O)c2ccccc2[N+](=O)[O-])cc1. The summed E-state index contributed by atoms with van der Waals surface area (Å²) in [5, 5.41) is 30.2. The van der Waals surface area contributed by atoms with Crippen molar-refractivity contribution in [3.05, 3.63) is 91.3 Å². The number of hydrazone groups is 1. The Balaban J connectivity index is 1.63. The molecule has 1 amide bonds. The van der Waals surface area contributed by atoms with E-state index in [-0.39, 0.29) is 40.6 Å². The number of rotatable bonds is 8. The van der Waals surface area contributed by atoms with Gasteiger partial charge in [0.05, 0.1) is 15.6 Å². The lowest BCUT2D eigenvalue weighted by atomic mass is 10.1. The van der Waals surface area contributed by atoms with Gasteiger partial charge in [-0.2, -0.15) is 10.2 Å². The third kappa shape index (κ3) is 5.71. The Hall–Kier alpha value is -4.94. The molecule has 0 radical (unpaired) electrons. The molecule has 0 aliphatic heterocycles. The molecule has 35 heavy (non-hydrogen) atoms. The highest BCUT2D eigenvalue weighted by Crippen LogP contribution is 2.22. The van der Waals surface area contributed by atoms with Crippen LogP contribution in [0.5, 0.6) is 5.75 Å². The first-order valence-corrected chi connectivity index (χ1v) is 10.2. The second-order valence-corrected chi connectivity index (χ2v) is 7.35. The molecule has 1 heterocycles. The number of ether oxygens (including phenoxy) is 1. The number of carbonyl (C=O) groups excluding carboxylic acids is 2. The van der Waals surface area contributed by atoms with E-state index in [1.54, 1.807) is 19.1 Å². The van der Waals surface area contributed by atoms with Crippen LogP contribution in [0.4, 0.5) is 11.4 Å². The molecule has 1 N–H and O–H groups in total. The van der Waals surface area contributed by atoms with Gasteiger partial charge in [-0.15, -0.1) is 0 Å². The second-order valence-electron chi connectivity index (χ2n) is 7.35. The van der Waals surface area contributed by atoms with E-state index in [2.05, 4.69) is 15.6 Å². The van der Waals surface area contributed by atoms with Crippen molar-refractivity contribution >= 4 is 29.0 Å². The predicted octanol–water partition coefficient (Wildman–Crippen LogP) is 3.08. The van der Waals surface area contributed by atoms with Crippen LogP contribution in [0.25, 0.3) is 0 Å². The molecule has 13 nitrogen and oxygen atoms in total. The first-order valence-electron chi connectivity index (χ1n) is 10.2. The van der Waals surface area contributed by atoms with Gasteiger partial charge in [-0.25, -0.2) is 10.2 Å². The normalized spacial score (nSPS) is 11.1.